The molecule has 0 heterocycles. The summed E-state index contributed by atoms with van der Waals surface area (Å²) in [5.41, 5.74) is 3.19. The van der Waals surface area contributed by atoms with Crippen LogP contribution in [0.2, 0.25) is 0 Å². The Labute approximate surface area is 192 Å². The SMILES string of the molecule is C=C(C)C(=O)OCOc1ccc(-c2ccc(OCOC(=O)C=Cc3ccccc3)cc2)cc1. The molecule has 0 fully saturated rings. The minimum absolute atomic E-state index is 0.177. The first kappa shape index (κ1) is 23.3. The number of esters is 2. The zero-order valence-corrected chi connectivity index (χ0v) is 18.2. The average molecular weight is 444 g/mol. The predicted molar refractivity (Wildman–Crippen MR) is 125 cm³/mol. The number of benzene rings is 3. The van der Waals surface area contributed by atoms with Gasteiger partial charge < -0.3 is 18.9 Å². The Morgan fingerprint density at radius 2 is 1.27 bits per heavy atom. The van der Waals surface area contributed by atoms with Crippen LogP contribution in [0.3, 0.4) is 0 Å². The molecule has 0 amide bonds. The first-order valence-electron chi connectivity index (χ1n) is 10.2. The smallest absolute Gasteiger partial charge is 0.335 e. The standard InChI is InChI=1S/C27H24O6/c1-20(2)27(29)33-19-31-25-15-11-23(12-16-25)22-9-13-24(14-10-22)30-18-32-26(28)17-8-21-6-4-3-5-7-21/h3-17H,1,18-19H2,2H3. The Morgan fingerprint density at radius 3 is 1.79 bits per heavy atom. The normalized spacial score (nSPS) is 10.5. The number of hydrogen-bond acceptors (Lipinski definition) is 6. The lowest BCUT2D eigenvalue weighted by Crippen LogP contribution is -2.10. The van der Waals surface area contributed by atoms with Gasteiger partial charge >= 0.3 is 11.9 Å². The molecule has 0 aromatic heterocycles. The third kappa shape index (κ3) is 7.70. The molecule has 0 radical (unpaired) electrons. The van der Waals surface area contributed by atoms with Gasteiger partial charge in [0.05, 0.1) is 0 Å². The molecular formula is C27H24O6. The summed E-state index contributed by atoms with van der Waals surface area (Å²) in [5.74, 6) is 0.189. The summed E-state index contributed by atoms with van der Waals surface area (Å²) in [7, 11) is 0. The third-order valence-electron chi connectivity index (χ3n) is 4.44. The maximum Gasteiger partial charge on any atom is 0.335 e. The molecule has 6 nitrogen and oxygen atoms in total. The van der Waals surface area contributed by atoms with E-state index >= 15 is 0 Å². The van der Waals surface area contributed by atoms with Gasteiger partial charge in [-0.3, -0.25) is 0 Å². The van der Waals surface area contributed by atoms with E-state index in [1.54, 1.807) is 37.3 Å². The molecule has 0 bridgehead atoms. The summed E-state index contributed by atoms with van der Waals surface area (Å²) in [6.45, 7) is 4.73. The van der Waals surface area contributed by atoms with Crippen LogP contribution in [0.15, 0.2) is 97.1 Å². The Morgan fingerprint density at radius 1 is 0.758 bits per heavy atom. The van der Waals surface area contributed by atoms with E-state index in [4.69, 9.17) is 18.9 Å². The van der Waals surface area contributed by atoms with Crippen LogP contribution >= 0.6 is 0 Å². The summed E-state index contributed by atoms with van der Waals surface area (Å²) in [6, 6.07) is 24.2. The third-order valence-corrected chi connectivity index (χ3v) is 4.44. The van der Waals surface area contributed by atoms with Crippen molar-refractivity contribution in [2.45, 2.75) is 6.92 Å². The summed E-state index contributed by atoms with van der Waals surface area (Å²) in [4.78, 5) is 23.1. The number of ether oxygens (including phenoxy) is 4. The molecule has 6 heteroatoms. The van der Waals surface area contributed by atoms with Crippen molar-refractivity contribution >= 4 is 18.0 Å². The molecule has 33 heavy (non-hydrogen) atoms. The lowest BCUT2D eigenvalue weighted by molar-refractivity contribution is -0.145. The molecule has 3 aromatic rings. The van der Waals surface area contributed by atoms with Gasteiger partial charge in [0, 0.05) is 11.6 Å². The van der Waals surface area contributed by atoms with Crippen LogP contribution in [0.25, 0.3) is 17.2 Å². The number of carbonyl (C=O) groups excluding carboxylic acids is 2. The highest BCUT2D eigenvalue weighted by atomic mass is 16.7. The highest BCUT2D eigenvalue weighted by molar-refractivity contribution is 5.87. The highest BCUT2D eigenvalue weighted by Gasteiger charge is 2.04. The van der Waals surface area contributed by atoms with Crippen molar-refractivity contribution < 1.29 is 28.5 Å². The van der Waals surface area contributed by atoms with Crippen molar-refractivity contribution in [3.63, 3.8) is 0 Å². The quantitative estimate of drug-likeness (QED) is 0.237. The Kier molecular flexibility index (Phi) is 8.42. The molecule has 3 aromatic carbocycles. The lowest BCUT2D eigenvalue weighted by Gasteiger charge is -2.09. The topological polar surface area (TPSA) is 71.1 Å². The molecule has 0 saturated carbocycles. The molecule has 0 aliphatic carbocycles. The largest absolute Gasteiger partial charge is 0.457 e. The van der Waals surface area contributed by atoms with Crippen LogP contribution in [0.4, 0.5) is 0 Å². The maximum atomic E-state index is 11.8. The van der Waals surface area contributed by atoms with Gasteiger partial charge in [0.1, 0.15) is 11.5 Å². The van der Waals surface area contributed by atoms with Crippen LogP contribution < -0.4 is 9.47 Å². The van der Waals surface area contributed by atoms with E-state index in [-0.39, 0.29) is 13.6 Å². The van der Waals surface area contributed by atoms with E-state index in [0.29, 0.717) is 17.1 Å². The molecule has 0 aliphatic rings. The van der Waals surface area contributed by atoms with Crippen molar-refractivity contribution in [1.82, 2.24) is 0 Å². The summed E-state index contributed by atoms with van der Waals surface area (Å²) in [6.07, 6.45) is 3.04. The van der Waals surface area contributed by atoms with Gasteiger partial charge in [-0.05, 0) is 54.0 Å². The lowest BCUT2D eigenvalue weighted by atomic mass is 10.1. The van der Waals surface area contributed by atoms with Gasteiger partial charge in [-0.2, -0.15) is 0 Å². The number of hydrogen-bond donors (Lipinski definition) is 0. The molecule has 0 aliphatic heterocycles. The van der Waals surface area contributed by atoms with Crippen LogP contribution in [0, 0.1) is 0 Å². The summed E-state index contributed by atoms with van der Waals surface area (Å²) < 4.78 is 20.8. The fraction of sp³-hybridized carbons (Fsp3) is 0.111. The molecule has 3 rings (SSSR count). The Balaban J connectivity index is 1.44. The van der Waals surface area contributed by atoms with E-state index in [2.05, 4.69) is 6.58 Å². The second kappa shape index (κ2) is 11.9. The van der Waals surface area contributed by atoms with E-state index in [0.717, 1.165) is 16.7 Å². The molecular weight excluding hydrogens is 420 g/mol. The zero-order valence-electron chi connectivity index (χ0n) is 18.2. The average Bonchev–Trinajstić information content (AvgIpc) is 2.84. The first-order chi connectivity index (χ1) is 16.0. The van der Waals surface area contributed by atoms with Gasteiger partial charge in [-0.15, -0.1) is 0 Å². The second-order valence-corrected chi connectivity index (χ2v) is 6.99. The van der Waals surface area contributed by atoms with Crippen molar-refractivity contribution in [3.05, 3.63) is 103 Å². The maximum absolute atomic E-state index is 11.8. The molecule has 0 N–H and O–H groups in total. The van der Waals surface area contributed by atoms with Crippen molar-refractivity contribution in [2.75, 3.05) is 13.6 Å². The first-order valence-corrected chi connectivity index (χ1v) is 10.2. The van der Waals surface area contributed by atoms with Gasteiger partial charge in [0.2, 0.25) is 13.6 Å². The predicted octanol–water partition coefficient (Wildman–Crippen LogP) is 5.40. The minimum Gasteiger partial charge on any atom is -0.457 e. The van der Waals surface area contributed by atoms with E-state index < -0.39 is 11.9 Å². The minimum atomic E-state index is -0.493. The van der Waals surface area contributed by atoms with Crippen molar-refractivity contribution in [3.8, 4) is 22.6 Å². The van der Waals surface area contributed by atoms with E-state index in [1.807, 2.05) is 54.6 Å². The zero-order chi connectivity index (χ0) is 23.5. The Bertz CT molecular complexity index is 1100. The van der Waals surface area contributed by atoms with Gasteiger partial charge in [-0.1, -0.05) is 61.2 Å². The monoisotopic (exact) mass is 444 g/mol. The van der Waals surface area contributed by atoms with Crippen LogP contribution in [0.5, 0.6) is 11.5 Å². The van der Waals surface area contributed by atoms with Gasteiger partial charge in [0.25, 0.3) is 0 Å². The van der Waals surface area contributed by atoms with Crippen molar-refractivity contribution in [2.24, 2.45) is 0 Å². The molecule has 168 valence electrons. The fourth-order valence-electron chi connectivity index (χ4n) is 2.69. The summed E-state index contributed by atoms with van der Waals surface area (Å²) >= 11 is 0. The summed E-state index contributed by atoms with van der Waals surface area (Å²) in [5, 5.41) is 0. The van der Waals surface area contributed by atoms with Crippen LogP contribution in [-0.4, -0.2) is 25.5 Å². The van der Waals surface area contributed by atoms with Crippen LogP contribution in [-0.2, 0) is 19.1 Å². The molecule has 0 atom stereocenters. The number of carbonyl (C=O) groups is 2. The Hall–Kier alpha value is -4.32. The molecule has 0 unspecified atom stereocenters. The highest BCUT2D eigenvalue weighted by Crippen LogP contribution is 2.24. The van der Waals surface area contributed by atoms with Gasteiger partial charge in [0.15, 0.2) is 0 Å². The molecule has 0 saturated heterocycles. The number of rotatable bonds is 10. The second-order valence-electron chi connectivity index (χ2n) is 6.99. The van der Waals surface area contributed by atoms with E-state index in [9.17, 15) is 9.59 Å². The van der Waals surface area contributed by atoms with Crippen molar-refractivity contribution in [1.29, 1.82) is 0 Å². The van der Waals surface area contributed by atoms with Gasteiger partial charge in [-0.25, -0.2) is 9.59 Å². The van der Waals surface area contributed by atoms with Crippen LogP contribution in [0.1, 0.15) is 12.5 Å². The fourth-order valence-corrected chi connectivity index (χ4v) is 2.69. The van der Waals surface area contributed by atoms with E-state index in [1.165, 1.54) is 6.08 Å². The molecule has 0 spiro atoms.